The van der Waals surface area contributed by atoms with E-state index < -0.39 is 0 Å². The normalized spacial score (nSPS) is 19.3. The van der Waals surface area contributed by atoms with Crippen LogP contribution in [0.25, 0.3) is 0 Å². The highest BCUT2D eigenvalue weighted by molar-refractivity contribution is 5.21. The van der Waals surface area contributed by atoms with Crippen LogP contribution in [0.4, 0.5) is 4.39 Å². The first-order valence-corrected chi connectivity index (χ1v) is 5.51. The summed E-state index contributed by atoms with van der Waals surface area (Å²) in [5.41, 5.74) is 6.48. The number of nitrogens with zero attached hydrogens (tertiary/aromatic N) is 1. The molecule has 1 aromatic rings. The van der Waals surface area contributed by atoms with Crippen LogP contribution < -0.4 is 5.73 Å². The van der Waals surface area contributed by atoms with Crippen LogP contribution >= 0.6 is 0 Å². The molecule has 2 rings (SSSR count). The molecule has 0 bridgehead atoms. The van der Waals surface area contributed by atoms with E-state index in [9.17, 15) is 4.39 Å². The van der Waals surface area contributed by atoms with Gasteiger partial charge in [0.2, 0.25) is 0 Å². The molecule has 2 nitrogen and oxygen atoms in total. The van der Waals surface area contributed by atoms with Crippen LogP contribution in [0, 0.1) is 5.82 Å². The predicted molar refractivity (Wildman–Crippen MR) is 59.0 cm³/mol. The molecule has 0 aromatic heterocycles. The van der Waals surface area contributed by atoms with Crippen molar-refractivity contribution in [2.24, 2.45) is 5.73 Å². The van der Waals surface area contributed by atoms with Gasteiger partial charge < -0.3 is 5.73 Å². The lowest BCUT2D eigenvalue weighted by Gasteiger charge is -2.26. The Morgan fingerprint density at radius 1 is 1.27 bits per heavy atom. The summed E-state index contributed by atoms with van der Waals surface area (Å²) in [7, 11) is 0. The second kappa shape index (κ2) is 4.73. The van der Waals surface area contributed by atoms with Crippen LogP contribution in [0.2, 0.25) is 0 Å². The van der Waals surface area contributed by atoms with Gasteiger partial charge in [-0.15, -0.1) is 0 Å². The van der Waals surface area contributed by atoms with Crippen molar-refractivity contribution in [2.75, 3.05) is 19.6 Å². The quantitative estimate of drug-likeness (QED) is 0.822. The largest absolute Gasteiger partial charge is 0.329 e. The van der Waals surface area contributed by atoms with Gasteiger partial charge in [0, 0.05) is 18.2 Å². The molecule has 1 saturated heterocycles. The summed E-state index contributed by atoms with van der Waals surface area (Å²) in [6.07, 6.45) is 2.40. The number of halogens is 1. The van der Waals surface area contributed by atoms with Gasteiger partial charge in [0.05, 0.1) is 0 Å². The van der Waals surface area contributed by atoms with E-state index in [0.29, 0.717) is 6.54 Å². The van der Waals surface area contributed by atoms with Crippen molar-refractivity contribution in [3.63, 3.8) is 0 Å². The molecular formula is C12H17FN2. The monoisotopic (exact) mass is 208 g/mol. The second-order valence-corrected chi connectivity index (χ2v) is 4.02. The van der Waals surface area contributed by atoms with Gasteiger partial charge in [0.25, 0.3) is 0 Å². The van der Waals surface area contributed by atoms with Crippen LogP contribution in [0.15, 0.2) is 24.3 Å². The lowest BCUT2D eigenvalue weighted by molar-refractivity contribution is 0.246. The summed E-state index contributed by atoms with van der Waals surface area (Å²) in [6, 6.07) is 6.99. The van der Waals surface area contributed by atoms with Gasteiger partial charge >= 0.3 is 0 Å². The number of rotatable bonds is 3. The lowest BCUT2D eigenvalue weighted by Crippen LogP contribution is -2.31. The number of benzene rings is 1. The zero-order valence-electron chi connectivity index (χ0n) is 8.82. The molecule has 15 heavy (non-hydrogen) atoms. The Kier molecular flexibility index (Phi) is 3.34. The van der Waals surface area contributed by atoms with Gasteiger partial charge in [0.1, 0.15) is 5.82 Å². The summed E-state index contributed by atoms with van der Waals surface area (Å²) >= 11 is 0. The van der Waals surface area contributed by atoms with Gasteiger partial charge in [-0.05, 0) is 32.0 Å². The fourth-order valence-electron chi connectivity index (χ4n) is 2.27. The molecule has 1 aromatic carbocycles. The van der Waals surface area contributed by atoms with Crippen molar-refractivity contribution in [1.29, 1.82) is 0 Å². The third-order valence-corrected chi connectivity index (χ3v) is 3.07. The first-order chi connectivity index (χ1) is 7.33. The average molecular weight is 208 g/mol. The Morgan fingerprint density at radius 2 is 1.93 bits per heavy atom. The fourth-order valence-corrected chi connectivity index (χ4v) is 2.27. The number of hydrogen-bond acceptors (Lipinski definition) is 2. The van der Waals surface area contributed by atoms with Crippen LogP contribution in [0.1, 0.15) is 24.4 Å². The summed E-state index contributed by atoms with van der Waals surface area (Å²) in [6.45, 7) is 2.56. The van der Waals surface area contributed by atoms with Crippen molar-refractivity contribution >= 4 is 0 Å². The molecular weight excluding hydrogens is 191 g/mol. The molecule has 1 heterocycles. The molecule has 1 atom stereocenters. The lowest BCUT2D eigenvalue weighted by atomic mass is 10.1. The summed E-state index contributed by atoms with van der Waals surface area (Å²) in [5.74, 6) is -0.139. The first-order valence-electron chi connectivity index (χ1n) is 5.51. The Labute approximate surface area is 89.9 Å². The molecule has 0 spiro atoms. The van der Waals surface area contributed by atoms with E-state index in [4.69, 9.17) is 5.73 Å². The maximum Gasteiger partial charge on any atom is 0.128 e. The van der Waals surface area contributed by atoms with Crippen LogP contribution in [0.3, 0.4) is 0 Å². The Hall–Kier alpha value is -0.930. The highest BCUT2D eigenvalue weighted by Gasteiger charge is 2.23. The van der Waals surface area contributed by atoms with Gasteiger partial charge in [0.15, 0.2) is 0 Å². The van der Waals surface area contributed by atoms with Gasteiger partial charge in [-0.1, -0.05) is 18.2 Å². The minimum atomic E-state index is -0.139. The summed E-state index contributed by atoms with van der Waals surface area (Å²) in [5, 5.41) is 0. The standard InChI is InChI=1S/C12H17FN2/c13-11-6-2-1-5-10(11)12(9-14)15-7-3-4-8-15/h1-2,5-6,12H,3-4,7-9,14H2/t12-/m0/s1. The number of nitrogens with two attached hydrogens (primary N) is 1. The van der Waals surface area contributed by atoms with Crippen molar-refractivity contribution in [3.05, 3.63) is 35.6 Å². The molecule has 0 aliphatic carbocycles. The van der Waals surface area contributed by atoms with Crippen molar-refractivity contribution in [1.82, 2.24) is 4.90 Å². The van der Waals surface area contributed by atoms with Crippen LogP contribution in [0.5, 0.6) is 0 Å². The molecule has 2 N–H and O–H groups in total. The molecule has 0 unspecified atom stereocenters. The van der Waals surface area contributed by atoms with Crippen molar-refractivity contribution in [2.45, 2.75) is 18.9 Å². The molecule has 1 aliphatic rings. The molecule has 0 saturated carbocycles. The van der Waals surface area contributed by atoms with Gasteiger partial charge in [-0.2, -0.15) is 0 Å². The molecule has 1 fully saturated rings. The van der Waals surface area contributed by atoms with Crippen LogP contribution in [-0.2, 0) is 0 Å². The average Bonchev–Trinajstić information content (AvgIpc) is 2.75. The molecule has 0 amide bonds. The van der Waals surface area contributed by atoms with Crippen LogP contribution in [-0.4, -0.2) is 24.5 Å². The van der Waals surface area contributed by atoms with E-state index in [-0.39, 0.29) is 11.9 Å². The fraction of sp³-hybridized carbons (Fsp3) is 0.500. The zero-order valence-corrected chi connectivity index (χ0v) is 8.82. The predicted octanol–water partition coefficient (Wildman–Crippen LogP) is 1.92. The van der Waals surface area contributed by atoms with Gasteiger partial charge in [-0.3, -0.25) is 4.90 Å². The Bertz CT molecular complexity index is 321. The summed E-state index contributed by atoms with van der Waals surface area (Å²) in [4.78, 5) is 2.28. The molecule has 1 aliphatic heterocycles. The third-order valence-electron chi connectivity index (χ3n) is 3.07. The minimum Gasteiger partial charge on any atom is -0.329 e. The maximum absolute atomic E-state index is 13.6. The van der Waals surface area contributed by atoms with Crippen molar-refractivity contribution < 1.29 is 4.39 Å². The summed E-state index contributed by atoms with van der Waals surface area (Å²) < 4.78 is 13.6. The number of likely N-dealkylation sites (tertiary alicyclic amines) is 1. The van der Waals surface area contributed by atoms with Gasteiger partial charge in [-0.25, -0.2) is 4.39 Å². The van der Waals surface area contributed by atoms with E-state index in [2.05, 4.69) is 4.90 Å². The van der Waals surface area contributed by atoms with Crippen molar-refractivity contribution in [3.8, 4) is 0 Å². The van der Waals surface area contributed by atoms with E-state index in [0.717, 1.165) is 18.7 Å². The second-order valence-electron chi connectivity index (χ2n) is 4.02. The molecule has 3 heteroatoms. The smallest absolute Gasteiger partial charge is 0.128 e. The minimum absolute atomic E-state index is 0.0497. The Balaban J connectivity index is 2.22. The number of hydrogen-bond donors (Lipinski definition) is 1. The maximum atomic E-state index is 13.6. The zero-order chi connectivity index (χ0) is 10.7. The highest BCUT2D eigenvalue weighted by atomic mass is 19.1. The third kappa shape index (κ3) is 2.19. The molecule has 0 radical (unpaired) electrons. The van der Waals surface area contributed by atoms with E-state index in [1.54, 1.807) is 6.07 Å². The van der Waals surface area contributed by atoms with E-state index in [1.807, 2.05) is 12.1 Å². The topological polar surface area (TPSA) is 29.3 Å². The SMILES string of the molecule is NC[C@@H](c1ccccc1F)N1CCCC1. The highest BCUT2D eigenvalue weighted by Crippen LogP contribution is 2.25. The Morgan fingerprint density at radius 3 is 2.53 bits per heavy atom. The van der Waals surface area contributed by atoms with E-state index in [1.165, 1.54) is 18.9 Å². The molecule has 82 valence electrons. The van der Waals surface area contributed by atoms with E-state index >= 15 is 0 Å². The first kappa shape index (κ1) is 10.6.